The van der Waals surface area contributed by atoms with E-state index in [4.69, 9.17) is 0 Å². The molecular formula is C16H22FNO. The summed E-state index contributed by atoms with van der Waals surface area (Å²) in [5.41, 5.74) is 0.603. The van der Waals surface area contributed by atoms with Crippen molar-refractivity contribution in [3.05, 3.63) is 35.6 Å². The van der Waals surface area contributed by atoms with Crippen LogP contribution in [0.25, 0.3) is 0 Å². The molecule has 1 aliphatic rings. The highest BCUT2D eigenvalue weighted by Gasteiger charge is 2.29. The van der Waals surface area contributed by atoms with Gasteiger partial charge < -0.3 is 0 Å². The van der Waals surface area contributed by atoms with Gasteiger partial charge in [-0.1, -0.05) is 6.92 Å². The van der Waals surface area contributed by atoms with Crippen LogP contribution in [0.15, 0.2) is 24.3 Å². The second kappa shape index (κ2) is 6.29. The number of hydrogen-bond acceptors (Lipinski definition) is 2. The SMILES string of the molecule is CCCN(CC1CC1)C(C)C(=O)c1ccc(F)cc1. The van der Waals surface area contributed by atoms with E-state index >= 15 is 0 Å². The maximum absolute atomic E-state index is 12.9. The van der Waals surface area contributed by atoms with E-state index in [9.17, 15) is 9.18 Å². The number of rotatable bonds is 7. The summed E-state index contributed by atoms with van der Waals surface area (Å²) in [4.78, 5) is 14.7. The van der Waals surface area contributed by atoms with E-state index in [0.29, 0.717) is 5.56 Å². The van der Waals surface area contributed by atoms with Crippen molar-refractivity contribution in [1.29, 1.82) is 0 Å². The number of carbonyl (C=O) groups is 1. The lowest BCUT2D eigenvalue weighted by Crippen LogP contribution is -2.40. The lowest BCUT2D eigenvalue weighted by molar-refractivity contribution is 0.0831. The predicted molar refractivity (Wildman–Crippen MR) is 74.8 cm³/mol. The van der Waals surface area contributed by atoms with E-state index in [1.165, 1.54) is 25.0 Å². The minimum Gasteiger partial charge on any atom is -0.293 e. The molecule has 1 unspecified atom stereocenters. The molecule has 2 nitrogen and oxygen atoms in total. The Bertz CT molecular complexity index is 425. The molecular weight excluding hydrogens is 241 g/mol. The highest BCUT2D eigenvalue weighted by Crippen LogP contribution is 2.30. The zero-order valence-corrected chi connectivity index (χ0v) is 11.7. The van der Waals surface area contributed by atoms with E-state index in [1.807, 2.05) is 6.92 Å². The van der Waals surface area contributed by atoms with Crippen LogP contribution in [0, 0.1) is 11.7 Å². The van der Waals surface area contributed by atoms with Crippen molar-refractivity contribution in [1.82, 2.24) is 4.90 Å². The van der Waals surface area contributed by atoms with Crippen molar-refractivity contribution in [2.24, 2.45) is 5.92 Å². The summed E-state index contributed by atoms with van der Waals surface area (Å²) < 4.78 is 12.9. The minimum absolute atomic E-state index is 0.0918. The van der Waals surface area contributed by atoms with Crippen molar-refractivity contribution in [2.45, 2.75) is 39.2 Å². The van der Waals surface area contributed by atoms with Crippen LogP contribution in [0.5, 0.6) is 0 Å². The molecule has 0 radical (unpaired) electrons. The fourth-order valence-corrected chi connectivity index (χ4v) is 2.38. The third-order valence-electron chi connectivity index (χ3n) is 3.76. The van der Waals surface area contributed by atoms with Crippen molar-refractivity contribution >= 4 is 5.78 Å². The van der Waals surface area contributed by atoms with Crippen LogP contribution >= 0.6 is 0 Å². The molecule has 1 aliphatic carbocycles. The van der Waals surface area contributed by atoms with E-state index < -0.39 is 0 Å². The molecule has 1 fully saturated rings. The molecule has 2 rings (SSSR count). The van der Waals surface area contributed by atoms with Gasteiger partial charge in [0.15, 0.2) is 5.78 Å². The molecule has 1 aromatic rings. The average molecular weight is 263 g/mol. The Morgan fingerprint density at radius 1 is 1.37 bits per heavy atom. The van der Waals surface area contributed by atoms with E-state index in [1.54, 1.807) is 12.1 Å². The molecule has 104 valence electrons. The largest absolute Gasteiger partial charge is 0.293 e. The first-order valence-electron chi connectivity index (χ1n) is 7.15. The monoisotopic (exact) mass is 263 g/mol. The van der Waals surface area contributed by atoms with Crippen LogP contribution in [0.4, 0.5) is 4.39 Å². The highest BCUT2D eigenvalue weighted by atomic mass is 19.1. The van der Waals surface area contributed by atoms with Gasteiger partial charge in [0.05, 0.1) is 6.04 Å². The van der Waals surface area contributed by atoms with Gasteiger partial charge in [-0.3, -0.25) is 9.69 Å². The number of carbonyl (C=O) groups excluding carboxylic acids is 1. The molecule has 1 aromatic carbocycles. The Kier molecular flexibility index (Phi) is 4.70. The van der Waals surface area contributed by atoms with Gasteiger partial charge in [-0.15, -0.1) is 0 Å². The molecule has 0 aromatic heterocycles. The van der Waals surface area contributed by atoms with Crippen LogP contribution in [-0.2, 0) is 0 Å². The maximum Gasteiger partial charge on any atom is 0.179 e. The first-order valence-corrected chi connectivity index (χ1v) is 7.15. The molecule has 0 amide bonds. The summed E-state index contributed by atoms with van der Waals surface area (Å²) >= 11 is 0. The summed E-state index contributed by atoms with van der Waals surface area (Å²) in [5.74, 6) is 0.566. The molecule has 0 bridgehead atoms. The number of halogens is 1. The van der Waals surface area contributed by atoms with Gasteiger partial charge in [-0.2, -0.15) is 0 Å². The minimum atomic E-state index is -0.299. The molecule has 19 heavy (non-hydrogen) atoms. The second-order valence-electron chi connectivity index (χ2n) is 5.49. The molecule has 3 heteroatoms. The Balaban J connectivity index is 2.04. The van der Waals surface area contributed by atoms with Crippen molar-refractivity contribution in [2.75, 3.05) is 13.1 Å². The van der Waals surface area contributed by atoms with Crippen molar-refractivity contribution < 1.29 is 9.18 Å². The van der Waals surface area contributed by atoms with E-state index in [2.05, 4.69) is 11.8 Å². The van der Waals surface area contributed by atoms with Crippen LogP contribution in [0.2, 0.25) is 0 Å². The molecule has 0 saturated heterocycles. The first kappa shape index (κ1) is 14.2. The average Bonchev–Trinajstić information content (AvgIpc) is 3.21. The van der Waals surface area contributed by atoms with Gasteiger partial charge >= 0.3 is 0 Å². The van der Waals surface area contributed by atoms with Crippen LogP contribution in [0.3, 0.4) is 0 Å². The number of nitrogens with zero attached hydrogens (tertiary/aromatic N) is 1. The van der Waals surface area contributed by atoms with Crippen molar-refractivity contribution in [3.63, 3.8) is 0 Å². The first-order chi connectivity index (χ1) is 9.11. The number of hydrogen-bond donors (Lipinski definition) is 0. The number of ketones is 1. The quantitative estimate of drug-likeness (QED) is 0.702. The number of benzene rings is 1. The highest BCUT2D eigenvalue weighted by molar-refractivity contribution is 5.99. The molecule has 0 N–H and O–H groups in total. The van der Waals surface area contributed by atoms with E-state index in [0.717, 1.165) is 25.4 Å². The van der Waals surface area contributed by atoms with Gasteiger partial charge in [0.1, 0.15) is 5.82 Å². The van der Waals surface area contributed by atoms with Gasteiger partial charge in [0.25, 0.3) is 0 Å². The summed E-state index contributed by atoms with van der Waals surface area (Å²) in [5, 5.41) is 0. The zero-order chi connectivity index (χ0) is 13.8. The Morgan fingerprint density at radius 2 is 2.00 bits per heavy atom. The third-order valence-corrected chi connectivity index (χ3v) is 3.76. The lowest BCUT2D eigenvalue weighted by atomic mass is 10.0. The Labute approximate surface area is 114 Å². The van der Waals surface area contributed by atoms with Gasteiger partial charge in [0, 0.05) is 12.1 Å². The number of Topliss-reactive ketones (excluding diaryl/α,β-unsaturated/α-hetero) is 1. The predicted octanol–water partition coefficient (Wildman–Crippen LogP) is 3.52. The van der Waals surface area contributed by atoms with Gasteiger partial charge in [0.2, 0.25) is 0 Å². The Morgan fingerprint density at radius 3 is 2.53 bits per heavy atom. The van der Waals surface area contributed by atoms with Crippen LogP contribution < -0.4 is 0 Å². The summed E-state index contributed by atoms with van der Waals surface area (Å²) in [6.45, 7) is 6.06. The molecule has 1 saturated carbocycles. The lowest BCUT2D eigenvalue weighted by Gasteiger charge is -2.27. The third kappa shape index (κ3) is 3.87. The normalized spacial score (nSPS) is 16.6. The van der Waals surface area contributed by atoms with Crippen LogP contribution in [-0.4, -0.2) is 29.8 Å². The topological polar surface area (TPSA) is 20.3 Å². The maximum atomic E-state index is 12.9. The molecule has 0 spiro atoms. The molecule has 0 aliphatic heterocycles. The molecule has 1 atom stereocenters. The van der Waals surface area contributed by atoms with Crippen molar-refractivity contribution in [3.8, 4) is 0 Å². The second-order valence-corrected chi connectivity index (χ2v) is 5.49. The fourth-order valence-electron chi connectivity index (χ4n) is 2.38. The standard InChI is InChI=1S/C16H22FNO/c1-3-10-18(11-13-4-5-13)12(2)16(19)14-6-8-15(17)9-7-14/h6-9,12-13H,3-5,10-11H2,1-2H3. The fraction of sp³-hybridized carbons (Fsp3) is 0.562. The Hall–Kier alpha value is -1.22. The van der Waals surface area contributed by atoms with Crippen LogP contribution in [0.1, 0.15) is 43.5 Å². The van der Waals surface area contributed by atoms with Gasteiger partial charge in [-0.25, -0.2) is 4.39 Å². The van der Waals surface area contributed by atoms with Gasteiger partial charge in [-0.05, 0) is 62.9 Å². The summed E-state index contributed by atoms with van der Waals surface area (Å²) in [7, 11) is 0. The summed E-state index contributed by atoms with van der Waals surface area (Å²) in [6, 6.07) is 5.74. The smallest absolute Gasteiger partial charge is 0.179 e. The zero-order valence-electron chi connectivity index (χ0n) is 11.7. The van der Waals surface area contributed by atoms with E-state index in [-0.39, 0.29) is 17.6 Å². The summed E-state index contributed by atoms with van der Waals surface area (Å²) in [6.07, 6.45) is 3.63. The molecule has 0 heterocycles.